The van der Waals surface area contributed by atoms with Crippen molar-refractivity contribution in [3.63, 3.8) is 0 Å². The van der Waals surface area contributed by atoms with Crippen molar-refractivity contribution in [2.45, 2.75) is 38.6 Å². The summed E-state index contributed by atoms with van der Waals surface area (Å²) in [6, 6.07) is 9.67. The molecular formula is C24H25F5N2O6. The van der Waals surface area contributed by atoms with Crippen LogP contribution in [0.5, 0.6) is 11.5 Å². The zero-order chi connectivity index (χ0) is 27.4. The van der Waals surface area contributed by atoms with Gasteiger partial charge in [-0.2, -0.15) is 22.0 Å². The van der Waals surface area contributed by atoms with Crippen molar-refractivity contribution in [1.82, 2.24) is 10.6 Å². The van der Waals surface area contributed by atoms with E-state index in [0.717, 1.165) is 0 Å². The molecule has 8 nitrogen and oxygen atoms in total. The number of carbonyl (C=O) groups is 3. The number of nitrogens with one attached hydrogen (secondary N) is 2. The zero-order valence-electron chi connectivity index (χ0n) is 19.6. The predicted molar refractivity (Wildman–Crippen MR) is 120 cm³/mol. The number of ether oxygens (including phenoxy) is 3. The van der Waals surface area contributed by atoms with Gasteiger partial charge in [0.25, 0.3) is 5.91 Å². The maximum Gasteiger partial charge on any atom is 0.392 e. The first kappa shape index (κ1) is 29.3. The highest BCUT2D eigenvalue weighted by Gasteiger charge is 2.27. The van der Waals surface area contributed by atoms with Gasteiger partial charge in [-0.3, -0.25) is 14.4 Å². The number of alkyl halides is 5. The lowest BCUT2D eigenvalue weighted by Crippen LogP contribution is -2.48. The summed E-state index contributed by atoms with van der Waals surface area (Å²) < 4.78 is 75.5. The molecule has 0 spiro atoms. The first-order valence-corrected chi connectivity index (χ1v) is 11.0. The molecule has 2 aromatic rings. The van der Waals surface area contributed by atoms with Gasteiger partial charge in [0.15, 0.2) is 0 Å². The van der Waals surface area contributed by atoms with Crippen LogP contribution in [-0.2, 0) is 20.7 Å². The van der Waals surface area contributed by atoms with E-state index in [1.807, 2.05) is 0 Å². The van der Waals surface area contributed by atoms with Gasteiger partial charge >= 0.3 is 18.8 Å². The zero-order valence-corrected chi connectivity index (χ0v) is 19.6. The Hall–Kier alpha value is -3.90. The number of halogens is 5. The topological polar surface area (TPSA) is 103 Å². The van der Waals surface area contributed by atoms with Gasteiger partial charge in [0.05, 0.1) is 19.6 Å². The molecule has 13 heteroatoms. The fourth-order valence-corrected chi connectivity index (χ4v) is 2.97. The Kier molecular flexibility index (Phi) is 11.1. The normalized spacial score (nSPS) is 12.0. The Labute approximate surface area is 209 Å². The Balaban J connectivity index is 2.05. The Morgan fingerprint density at radius 1 is 0.919 bits per heavy atom. The Bertz CT molecular complexity index is 1030. The van der Waals surface area contributed by atoms with Crippen LogP contribution in [0.15, 0.2) is 48.5 Å². The molecule has 0 fully saturated rings. The number of esters is 1. The molecule has 37 heavy (non-hydrogen) atoms. The number of carbonyl (C=O) groups excluding carboxylic acids is 3. The minimum atomic E-state index is -4.36. The largest absolute Gasteiger partial charge is 0.493 e. The van der Waals surface area contributed by atoms with Gasteiger partial charge in [-0.25, -0.2) is 0 Å². The van der Waals surface area contributed by atoms with Crippen LogP contribution in [0, 0.1) is 0 Å². The third-order valence-electron chi connectivity index (χ3n) is 4.69. The molecule has 0 radical (unpaired) electrons. The minimum absolute atomic E-state index is 0.0151. The molecule has 202 valence electrons. The maximum atomic E-state index is 12.7. The Morgan fingerprint density at radius 2 is 1.54 bits per heavy atom. The van der Waals surface area contributed by atoms with Crippen molar-refractivity contribution in [1.29, 1.82) is 0 Å². The lowest BCUT2D eigenvalue weighted by molar-refractivity contribution is -0.141. The summed E-state index contributed by atoms with van der Waals surface area (Å²) in [4.78, 5) is 36.3. The van der Waals surface area contributed by atoms with E-state index >= 15 is 0 Å². The van der Waals surface area contributed by atoms with Crippen LogP contribution in [0.4, 0.5) is 22.0 Å². The molecule has 0 aliphatic heterocycles. The third kappa shape index (κ3) is 11.6. The van der Waals surface area contributed by atoms with Gasteiger partial charge in [-0.15, -0.1) is 0 Å². The molecule has 1 unspecified atom stereocenters. The first-order valence-electron chi connectivity index (χ1n) is 11.0. The molecule has 0 saturated carbocycles. The van der Waals surface area contributed by atoms with E-state index in [4.69, 9.17) is 9.47 Å². The van der Waals surface area contributed by atoms with E-state index in [1.54, 1.807) is 0 Å². The minimum Gasteiger partial charge on any atom is -0.493 e. The highest BCUT2D eigenvalue weighted by atomic mass is 19.4. The molecule has 2 aromatic carbocycles. The van der Waals surface area contributed by atoms with Crippen LogP contribution < -0.4 is 20.1 Å². The molecule has 0 aromatic heterocycles. The van der Waals surface area contributed by atoms with Crippen molar-refractivity contribution >= 4 is 17.8 Å². The summed E-state index contributed by atoms with van der Waals surface area (Å²) >= 11 is 0. The number of hydrogen-bond donors (Lipinski definition) is 2. The second kappa shape index (κ2) is 14.0. The molecule has 2 amide bonds. The molecule has 2 N–H and O–H groups in total. The van der Waals surface area contributed by atoms with Gasteiger partial charge in [-0.05, 0) is 42.0 Å². The lowest BCUT2D eigenvalue weighted by atomic mass is 10.0. The fourth-order valence-electron chi connectivity index (χ4n) is 2.97. The Morgan fingerprint density at radius 3 is 2.11 bits per heavy atom. The standard InChI is InChI=1S/C24H25F5N2O6/c1-15(32)35-13-11-30-22(34)20(14-16-2-6-19(7-3-16)37-23(25)26)31-21(33)17-4-8-18(9-5-17)36-12-10-24(27,28)29/h2-9,20,23H,10-14H2,1H3,(H,30,34)(H,31,33). The summed E-state index contributed by atoms with van der Waals surface area (Å²) in [6.07, 6.45) is -5.50. The van der Waals surface area contributed by atoms with E-state index in [2.05, 4.69) is 15.4 Å². The second-order valence-corrected chi connectivity index (χ2v) is 7.62. The van der Waals surface area contributed by atoms with Crippen molar-refractivity contribution in [2.24, 2.45) is 0 Å². The molecule has 0 heterocycles. The summed E-state index contributed by atoms with van der Waals surface area (Å²) in [7, 11) is 0. The molecule has 1 atom stereocenters. The van der Waals surface area contributed by atoms with Crippen molar-refractivity contribution in [3.05, 3.63) is 59.7 Å². The van der Waals surface area contributed by atoms with Crippen molar-refractivity contribution in [3.8, 4) is 11.5 Å². The lowest BCUT2D eigenvalue weighted by Gasteiger charge is -2.19. The van der Waals surface area contributed by atoms with Gasteiger partial charge in [0.1, 0.15) is 24.1 Å². The highest BCUT2D eigenvalue weighted by Crippen LogP contribution is 2.21. The van der Waals surface area contributed by atoms with Crippen LogP contribution in [-0.4, -0.2) is 56.4 Å². The fraction of sp³-hybridized carbons (Fsp3) is 0.375. The summed E-state index contributed by atoms with van der Waals surface area (Å²) in [5.41, 5.74) is 0.636. The van der Waals surface area contributed by atoms with E-state index in [9.17, 15) is 36.3 Å². The summed E-state index contributed by atoms with van der Waals surface area (Å²) in [5.74, 6) is -1.73. The van der Waals surface area contributed by atoms with Crippen molar-refractivity contribution < 1.29 is 50.5 Å². The van der Waals surface area contributed by atoms with E-state index in [1.165, 1.54) is 55.5 Å². The van der Waals surface area contributed by atoms with Gasteiger partial charge in [0.2, 0.25) is 5.91 Å². The summed E-state index contributed by atoms with van der Waals surface area (Å²) in [6.45, 7) is -2.47. The third-order valence-corrected chi connectivity index (χ3v) is 4.69. The summed E-state index contributed by atoms with van der Waals surface area (Å²) in [5, 5.41) is 5.09. The first-order chi connectivity index (χ1) is 17.4. The van der Waals surface area contributed by atoms with E-state index < -0.39 is 49.6 Å². The predicted octanol–water partition coefficient (Wildman–Crippen LogP) is 3.64. The molecule has 0 aliphatic rings. The SMILES string of the molecule is CC(=O)OCCNC(=O)C(Cc1ccc(OC(F)F)cc1)NC(=O)c1ccc(OCCC(F)(F)F)cc1. The molecule has 0 saturated heterocycles. The van der Waals surface area contributed by atoms with Crippen LogP contribution in [0.25, 0.3) is 0 Å². The average Bonchev–Trinajstić information content (AvgIpc) is 2.81. The smallest absolute Gasteiger partial charge is 0.392 e. The molecule has 0 bridgehead atoms. The number of rotatable bonds is 13. The van der Waals surface area contributed by atoms with Crippen LogP contribution in [0.2, 0.25) is 0 Å². The quantitative estimate of drug-likeness (QED) is 0.232. The highest BCUT2D eigenvalue weighted by molar-refractivity contribution is 5.97. The number of benzene rings is 2. The molecule has 0 aliphatic carbocycles. The molecule has 2 rings (SSSR count). The molecular weight excluding hydrogens is 507 g/mol. The second-order valence-electron chi connectivity index (χ2n) is 7.62. The van der Waals surface area contributed by atoms with Crippen LogP contribution in [0.1, 0.15) is 29.3 Å². The van der Waals surface area contributed by atoms with E-state index in [-0.39, 0.29) is 36.6 Å². The number of amides is 2. The monoisotopic (exact) mass is 532 g/mol. The van der Waals surface area contributed by atoms with Gasteiger partial charge in [-0.1, -0.05) is 12.1 Å². The maximum absolute atomic E-state index is 12.7. The number of hydrogen-bond acceptors (Lipinski definition) is 6. The van der Waals surface area contributed by atoms with Crippen LogP contribution in [0.3, 0.4) is 0 Å². The van der Waals surface area contributed by atoms with E-state index in [0.29, 0.717) is 5.56 Å². The average molecular weight is 532 g/mol. The van der Waals surface area contributed by atoms with Crippen LogP contribution >= 0.6 is 0 Å². The van der Waals surface area contributed by atoms with Gasteiger partial charge < -0.3 is 24.8 Å². The van der Waals surface area contributed by atoms with Crippen molar-refractivity contribution in [2.75, 3.05) is 19.8 Å². The van der Waals surface area contributed by atoms with Gasteiger partial charge in [0, 0.05) is 18.9 Å².